The molecule has 2 rings (SSSR count). The normalized spacial score (nSPS) is 11.6. The number of benzene rings is 2. The van der Waals surface area contributed by atoms with Gasteiger partial charge in [0.15, 0.2) is 0 Å². The number of amides is 1. The first-order valence-corrected chi connectivity index (χ1v) is 8.62. The van der Waals surface area contributed by atoms with Crippen molar-refractivity contribution in [2.75, 3.05) is 7.11 Å². The van der Waals surface area contributed by atoms with Crippen molar-refractivity contribution in [1.82, 2.24) is 5.32 Å². The number of nitrogens with one attached hydrogen (secondary N) is 1. The second-order valence-electron chi connectivity index (χ2n) is 5.52. The molecule has 0 radical (unpaired) electrons. The maximum Gasteiger partial charge on any atom is 0.328 e. The number of methoxy groups -OCH3 is 1. The molecule has 0 saturated carbocycles. The monoisotopic (exact) mass is 377 g/mol. The number of esters is 1. The molecule has 0 bridgehead atoms. The Labute approximate surface area is 157 Å². The molecule has 25 heavy (non-hydrogen) atoms. The van der Waals surface area contributed by atoms with Crippen LogP contribution in [0.1, 0.15) is 21.5 Å². The van der Waals surface area contributed by atoms with E-state index in [1.807, 2.05) is 24.3 Å². The zero-order valence-electron chi connectivity index (χ0n) is 14.0. The molecule has 4 nitrogen and oxygen atoms in total. The molecule has 1 atom stereocenters. The van der Waals surface area contributed by atoms with Gasteiger partial charge in [-0.25, -0.2) is 4.79 Å². The van der Waals surface area contributed by atoms with Crippen LogP contribution in [0.2, 0.25) is 10.0 Å². The van der Waals surface area contributed by atoms with Gasteiger partial charge in [0.05, 0.1) is 22.7 Å². The van der Waals surface area contributed by atoms with Crippen molar-refractivity contribution < 1.29 is 14.3 Å². The average molecular weight is 378 g/mol. The standard InChI is InChI=1S/C18H18BCl2NO3/c1-25-18(24)15(9-11-5-7-12(10-19)8-6-11)22-17(23)16-13(20)3-2-4-14(16)21/h2-8,15H,9-10,19H2,1H3,(H,22,23)/t15-/m0/s1. The van der Waals surface area contributed by atoms with Gasteiger partial charge in [-0.1, -0.05) is 65.4 Å². The van der Waals surface area contributed by atoms with Crippen molar-refractivity contribution in [1.29, 1.82) is 0 Å². The van der Waals surface area contributed by atoms with E-state index in [1.54, 1.807) is 18.2 Å². The van der Waals surface area contributed by atoms with E-state index in [-0.39, 0.29) is 15.6 Å². The van der Waals surface area contributed by atoms with E-state index >= 15 is 0 Å². The molecule has 0 aliphatic heterocycles. The molecular weight excluding hydrogens is 360 g/mol. The first-order valence-electron chi connectivity index (χ1n) is 7.86. The van der Waals surface area contributed by atoms with Crippen molar-refractivity contribution in [2.24, 2.45) is 0 Å². The van der Waals surface area contributed by atoms with Crippen LogP contribution in [0.3, 0.4) is 0 Å². The zero-order chi connectivity index (χ0) is 18.4. The van der Waals surface area contributed by atoms with Crippen molar-refractivity contribution in [2.45, 2.75) is 18.8 Å². The molecule has 0 heterocycles. The van der Waals surface area contributed by atoms with E-state index in [4.69, 9.17) is 27.9 Å². The molecule has 0 aliphatic carbocycles. The Morgan fingerprint density at radius 2 is 1.64 bits per heavy atom. The largest absolute Gasteiger partial charge is 0.467 e. The molecule has 7 heteroatoms. The van der Waals surface area contributed by atoms with Gasteiger partial charge in [-0.2, -0.15) is 0 Å². The highest BCUT2D eigenvalue weighted by molar-refractivity contribution is 6.39. The zero-order valence-corrected chi connectivity index (χ0v) is 15.5. The van der Waals surface area contributed by atoms with Crippen LogP contribution in [-0.4, -0.2) is 32.9 Å². The highest BCUT2D eigenvalue weighted by atomic mass is 35.5. The minimum absolute atomic E-state index is 0.140. The second-order valence-corrected chi connectivity index (χ2v) is 6.33. The number of hydrogen-bond donors (Lipinski definition) is 1. The molecule has 0 aliphatic rings. The maximum atomic E-state index is 12.5. The number of ether oxygens (including phenoxy) is 1. The fourth-order valence-electron chi connectivity index (χ4n) is 2.43. The molecule has 0 saturated heterocycles. The van der Waals surface area contributed by atoms with Crippen molar-refractivity contribution >= 4 is 42.9 Å². The lowest BCUT2D eigenvalue weighted by molar-refractivity contribution is -0.142. The summed E-state index contributed by atoms with van der Waals surface area (Å²) in [6.07, 6.45) is 1.24. The lowest BCUT2D eigenvalue weighted by Gasteiger charge is -2.17. The maximum absolute atomic E-state index is 12.5. The van der Waals surface area contributed by atoms with E-state index < -0.39 is 17.9 Å². The Morgan fingerprint density at radius 3 is 2.16 bits per heavy atom. The molecule has 0 aromatic heterocycles. The molecule has 1 amide bonds. The summed E-state index contributed by atoms with van der Waals surface area (Å²) in [5.41, 5.74) is 2.25. The Kier molecular flexibility index (Phi) is 6.91. The highest BCUT2D eigenvalue weighted by Gasteiger charge is 2.24. The molecule has 2 aromatic rings. The third-order valence-corrected chi connectivity index (χ3v) is 4.48. The first kappa shape index (κ1) is 19.4. The van der Waals surface area contributed by atoms with E-state index in [0.717, 1.165) is 11.9 Å². The quantitative estimate of drug-likeness (QED) is 0.621. The molecule has 0 spiro atoms. The number of hydrogen-bond acceptors (Lipinski definition) is 3. The van der Waals surface area contributed by atoms with Gasteiger partial charge in [-0.05, 0) is 17.7 Å². The number of carbonyl (C=O) groups is 2. The van der Waals surface area contributed by atoms with Gasteiger partial charge >= 0.3 is 5.97 Å². The molecular formula is C18H18BCl2NO3. The summed E-state index contributed by atoms with van der Waals surface area (Å²) in [5, 5.41) is 3.11. The van der Waals surface area contributed by atoms with Crippen LogP contribution in [0.25, 0.3) is 0 Å². The lowest BCUT2D eigenvalue weighted by atomic mass is 9.95. The van der Waals surface area contributed by atoms with Gasteiger partial charge in [0.25, 0.3) is 5.91 Å². The summed E-state index contributed by atoms with van der Waals surface area (Å²) in [4.78, 5) is 24.6. The third kappa shape index (κ3) is 5.00. The summed E-state index contributed by atoms with van der Waals surface area (Å²) in [6.45, 7) is 0. The van der Waals surface area contributed by atoms with Crippen LogP contribution in [0.4, 0.5) is 0 Å². The lowest BCUT2D eigenvalue weighted by Crippen LogP contribution is -2.43. The van der Waals surface area contributed by atoms with Crippen molar-refractivity contribution in [3.63, 3.8) is 0 Å². The molecule has 0 fully saturated rings. The smallest absolute Gasteiger partial charge is 0.328 e. The van der Waals surface area contributed by atoms with E-state index in [9.17, 15) is 9.59 Å². The Hall–Kier alpha value is -1.98. The third-order valence-electron chi connectivity index (χ3n) is 3.85. The molecule has 0 unspecified atom stereocenters. The van der Waals surface area contributed by atoms with Crippen LogP contribution < -0.4 is 5.32 Å². The fourth-order valence-corrected chi connectivity index (χ4v) is 3.00. The predicted octanol–water partition coefficient (Wildman–Crippen LogP) is 2.64. The number of halogens is 2. The number of carbonyl (C=O) groups excluding carboxylic acids is 2. The topological polar surface area (TPSA) is 55.4 Å². The van der Waals surface area contributed by atoms with Gasteiger partial charge < -0.3 is 10.1 Å². The molecule has 2 aromatic carbocycles. The van der Waals surface area contributed by atoms with Crippen molar-refractivity contribution in [3.05, 3.63) is 69.2 Å². The Morgan fingerprint density at radius 1 is 1.08 bits per heavy atom. The van der Waals surface area contributed by atoms with Crippen LogP contribution in [0.5, 0.6) is 0 Å². The first-order chi connectivity index (χ1) is 12.0. The second kappa shape index (κ2) is 8.93. The van der Waals surface area contributed by atoms with Crippen LogP contribution in [0, 0.1) is 0 Å². The van der Waals surface area contributed by atoms with Gasteiger partial charge in [-0.15, -0.1) is 0 Å². The van der Waals surface area contributed by atoms with Crippen LogP contribution >= 0.6 is 23.2 Å². The summed E-state index contributed by atoms with van der Waals surface area (Å²) < 4.78 is 4.81. The fraction of sp³-hybridized carbons (Fsp3) is 0.222. The number of rotatable bonds is 6. The van der Waals surface area contributed by atoms with E-state index in [2.05, 4.69) is 13.2 Å². The van der Waals surface area contributed by atoms with E-state index in [0.29, 0.717) is 6.42 Å². The Bertz CT molecular complexity index is 745. The van der Waals surface area contributed by atoms with Crippen LogP contribution in [-0.2, 0) is 22.3 Å². The van der Waals surface area contributed by atoms with Gasteiger partial charge in [0, 0.05) is 6.42 Å². The minimum Gasteiger partial charge on any atom is -0.467 e. The van der Waals surface area contributed by atoms with Gasteiger partial charge in [-0.3, -0.25) is 4.79 Å². The minimum atomic E-state index is -0.836. The summed E-state index contributed by atoms with van der Waals surface area (Å²) in [6, 6.07) is 11.8. The van der Waals surface area contributed by atoms with E-state index in [1.165, 1.54) is 12.7 Å². The summed E-state index contributed by atoms with van der Waals surface area (Å²) in [7, 11) is 3.35. The highest BCUT2D eigenvalue weighted by Crippen LogP contribution is 2.24. The summed E-state index contributed by atoms with van der Waals surface area (Å²) >= 11 is 12.1. The molecule has 1 N–H and O–H groups in total. The SMILES string of the molecule is BCc1ccc(C[C@H](NC(=O)c2c(Cl)cccc2Cl)C(=O)OC)cc1. The molecule has 130 valence electrons. The Balaban J connectivity index is 2.19. The van der Waals surface area contributed by atoms with Crippen LogP contribution in [0.15, 0.2) is 42.5 Å². The predicted molar refractivity (Wildman–Crippen MR) is 102 cm³/mol. The van der Waals surface area contributed by atoms with Gasteiger partial charge in [0.1, 0.15) is 13.9 Å². The van der Waals surface area contributed by atoms with Crippen molar-refractivity contribution in [3.8, 4) is 0 Å². The van der Waals surface area contributed by atoms with Gasteiger partial charge in [0.2, 0.25) is 0 Å². The summed E-state index contributed by atoms with van der Waals surface area (Å²) in [5.74, 6) is -1.05. The average Bonchev–Trinajstić information content (AvgIpc) is 2.61.